The molecule has 0 unspecified atom stereocenters. The first kappa shape index (κ1) is 30.3. The predicted molar refractivity (Wildman–Crippen MR) is 237 cm³/mol. The molecule has 0 spiro atoms. The van der Waals surface area contributed by atoms with Crippen LogP contribution < -0.4 is 0 Å². The number of fused-ring (bicyclic) bond motifs is 15. The van der Waals surface area contributed by atoms with Gasteiger partial charge in [0.2, 0.25) is 0 Å². The highest BCUT2D eigenvalue weighted by atomic mass is 15.0. The van der Waals surface area contributed by atoms with Gasteiger partial charge in [0.15, 0.2) is 0 Å². The molecule has 1 heteroatoms. The number of rotatable bonds is 3. The van der Waals surface area contributed by atoms with Crippen LogP contribution in [0.4, 0.5) is 0 Å². The van der Waals surface area contributed by atoms with Crippen molar-refractivity contribution in [1.29, 1.82) is 0 Å². The third-order valence-corrected chi connectivity index (χ3v) is 11.9. The van der Waals surface area contributed by atoms with Crippen molar-refractivity contribution in [2.45, 2.75) is 0 Å². The van der Waals surface area contributed by atoms with Crippen LogP contribution in [-0.4, -0.2) is 4.57 Å². The number of benzene rings is 11. The fourth-order valence-electron chi connectivity index (χ4n) is 9.58. The lowest BCUT2D eigenvalue weighted by Gasteiger charge is -2.18. The van der Waals surface area contributed by atoms with Crippen molar-refractivity contribution < 1.29 is 0 Å². The summed E-state index contributed by atoms with van der Waals surface area (Å²) >= 11 is 0. The molecule has 0 N–H and O–H groups in total. The Bertz CT molecular complexity index is 3530. The van der Waals surface area contributed by atoms with Crippen LogP contribution in [0.1, 0.15) is 0 Å². The van der Waals surface area contributed by atoms with Gasteiger partial charge in [-0.25, -0.2) is 0 Å². The van der Waals surface area contributed by atoms with Gasteiger partial charge in [-0.1, -0.05) is 170 Å². The second-order valence-corrected chi connectivity index (χ2v) is 14.8. The van der Waals surface area contributed by atoms with Crippen molar-refractivity contribution in [3.63, 3.8) is 0 Å². The summed E-state index contributed by atoms with van der Waals surface area (Å²) in [5.74, 6) is 0. The highest BCUT2D eigenvalue weighted by Gasteiger charge is 2.20. The number of hydrogen-bond acceptors (Lipinski definition) is 0. The number of nitrogens with zero attached hydrogens (tertiary/aromatic N) is 1. The second-order valence-electron chi connectivity index (χ2n) is 14.8. The van der Waals surface area contributed by atoms with Gasteiger partial charge in [-0.15, -0.1) is 0 Å². The topological polar surface area (TPSA) is 4.93 Å². The monoisotopic (exact) mass is 695 g/mol. The molecular weight excluding hydrogens is 663 g/mol. The van der Waals surface area contributed by atoms with Crippen molar-refractivity contribution in [3.8, 4) is 27.9 Å². The zero-order valence-electron chi connectivity index (χ0n) is 30.0. The van der Waals surface area contributed by atoms with Gasteiger partial charge in [0.25, 0.3) is 0 Å². The maximum Gasteiger partial charge on any atom is 0.0619 e. The van der Waals surface area contributed by atoms with E-state index < -0.39 is 0 Å². The first-order chi connectivity index (χ1) is 27.3. The summed E-state index contributed by atoms with van der Waals surface area (Å²) in [4.78, 5) is 0. The molecule has 0 saturated heterocycles. The van der Waals surface area contributed by atoms with Crippen LogP contribution >= 0.6 is 0 Å². The van der Waals surface area contributed by atoms with Crippen LogP contribution in [0, 0.1) is 0 Å². The van der Waals surface area contributed by atoms with E-state index in [2.05, 4.69) is 205 Å². The molecule has 55 heavy (non-hydrogen) atoms. The first-order valence-electron chi connectivity index (χ1n) is 19.1. The highest BCUT2D eigenvalue weighted by molar-refractivity contribution is 6.40. The molecule has 0 radical (unpaired) electrons. The minimum Gasteiger partial charge on any atom is -0.309 e. The number of hydrogen-bond donors (Lipinski definition) is 0. The van der Waals surface area contributed by atoms with Gasteiger partial charge in [-0.05, 0) is 112 Å². The van der Waals surface area contributed by atoms with Crippen LogP contribution in [-0.2, 0) is 0 Å². The van der Waals surface area contributed by atoms with E-state index in [1.165, 1.54) is 109 Å². The summed E-state index contributed by atoms with van der Waals surface area (Å²) in [5, 5.41) is 17.9. The molecule has 0 amide bonds. The molecule has 1 heterocycles. The zero-order valence-corrected chi connectivity index (χ0v) is 30.0. The maximum atomic E-state index is 2.47. The molecule has 12 rings (SSSR count). The van der Waals surface area contributed by atoms with Crippen LogP contribution in [0.25, 0.3) is 114 Å². The summed E-state index contributed by atoms with van der Waals surface area (Å²) in [6, 6.07) is 74.1. The molecule has 0 bridgehead atoms. The fraction of sp³-hybridized carbons (Fsp3) is 0. The summed E-state index contributed by atoms with van der Waals surface area (Å²) < 4.78 is 2.44. The maximum absolute atomic E-state index is 2.47. The molecule has 0 aliphatic rings. The lowest BCUT2D eigenvalue weighted by molar-refractivity contribution is 1.18. The average molecular weight is 696 g/mol. The Hall–Kier alpha value is -7.22. The average Bonchev–Trinajstić information content (AvgIpc) is 3.60. The molecule has 1 nitrogen and oxygen atoms in total. The molecule has 0 saturated carbocycles. The Kier molecular flexibility index (Phi) is 6.40. The van der Waals surface area contributed by atoms with E-state index in [9.17, 15) is 0 Å². The highest BCUT2D eigenvalue weighted by Crippen LogP contribution is 2.47. The van der Waals surface area contributed by atoms with E-state index in [0.29, 0.717) is 0 Å². The SMILES string of the molecule is c1ccc(-n2c3ccccc3c3cccc(-c4ccc5c6ccc(-c7cccc8ccccc78)cc6c6c7ccccc7c7ccccc7c6c5c4)c32)cc1. The quantitative estimate of drug-likeness (QED) is 0.162. The van der Waals surface area contributed by atoms with Crippen LogP contribution in [0.15, 0.2) is 200 Å². The minimum absolute atomic E-state index is 1.16. The van der Waals surface area contributed by atoms with Crippen LogP contribution in [0.2, 0.25) is 0 Å². The van der Waals surface area contributed by atoms with E-state index >= 15 is 0 Å². The van der Waals surface area contributed by atoms with Gasteiger partial charge >= 0.3 is 0 Å². The van der Waals surface area contributed by atoms with E-state index in [4.69, 9.17) is 0 Å². The molecule has 254 valence electrons. The van der Waals surface area contributed by atoms with Crippen molar-refractivity contribution in [2.24, 2.45) is 0 Å². The smallest absolute Gasteiger partial charge is 0.0619 e. The third-order valence-electron chi connectivity index (χ3n) is 11.9. The summed E-state index contributed by atoms with van der Waals surface area (Å²) in [6.07, 6.45) is 0. The number of para-hydroxylation sites is 3. The largest absolute Gasteiger partial charge is 0.309 e. The Balaban J connectivity index is 1.23. The van der Waals surface area contributed by atoms with E-state index in [1.807, 2.05) is 0 Å². The Labute approximate surface area is 317 Å². The van der Waals surface area contributed by atoms with Crippen LogP contribution in [0.3, 0.4) is 0 Å². The Morgan fingerprint density at radius 1 is 0.273 bits per heavy atom. The lowest BCUT2D eigenvalue weighted by Crippen LogP contribution is -1.95. The fourth-order valence-corrected chi connectivity index (χ4v) is 9.58. The molecule has 11 aromatic carbocycles. The van der Waals surface area contributed by atoms with Gasteiger partial charge in [-0.3, -0.25) is 0 Å². The Morgan fingerprint density at radius 2 is 0.745 bits per heavy atom. The molecule has 1 aromatic heterocycles. The molecule has 0 fully saturated rings. The van der Waals surface area contributed by atoms with Crippen molar-refractivity contribution in [3.05, 3.63) is 200 Å². The predicted octanol–water partition coefficient (Wildman–Crippen LogP) is 15.0. The number of aromatic nitrogens is 1. The standard InChI is InChI=1S/C54H33N/c1-2-16-37(17-3-1)55-51-27-11-10-21-45(51)48-26-13-25-40(54(48)55)36-29-31-44-43-30-28-35(39-24-12-15-34-14-4-5-18-38(34)39)32-49(43)52-46-22-8-6-19-41(46)42-20-7-9-23-47(42)53(52)50(44)33-36/h1-33H. The van der Waals surface area contributed by atoms with Gasteiger partial charge < -0.3 is 4.57 Å². The Morgan fingerprint density at radius 3 is 1.44 bits per heavy atom. The minimum atomic E-state index is 1.16. The zero-order chi connectivity index (χ0) is 36.0. The third kappa shape index (κ3) is 4.35. The molecular formula is C54H33N. The van der Waals surface area contributed by atoms with E-state index in [-0.39, 0.29) is 0 Å². The van der Waals surface area contributed by atoms with Crippen molar-refractivity contribution in [2.75, 3.05) is 0 Å². The van der Waals surface area contributed by atoms with Gasteiger partial charge in [0.1, 0.15) is 0 Å². The normalized spacial score (nSPS) is 12.0. The van der Waals surface area contributed by atoms with Gasteiger partial charge in [0.05, 0.1) is 11.0 Å². The van der Waals surface area contributed by atoms with Crippen molar-refractivity contribution in [1.82, 2.24) is 4.57 Å². The molecule has 0 aliphatic carbocycles. The summed E-state index contributed by atoms with van der Waals surface area (Å²) in [5.41, 5.74) is 8.54. The van der Waals surface area contributed by atoms with E-state index in [1.54, 1.807) is 0 Å². The first-order valence-corrected chi connectivity index (χ1v) is 19.1. The summed E-state index contributed by atoms with van der Waals surface area (Å²) in [7, 11) is 0. The second kappa shape index (κ2) is 11.6. The summed E-state index contributed by atoms with van der Waals surface area (Å²) in [6.45, 7) is 0. The van der Waals surface area contributed by atoms with E-state index in [0.717, 1.165) is 5.69 Å². The molecule has 0 aliphatic heterocycles. The van der Waals surface area contributed by atoms with Gasteiger partial charge in [-0.2, -0.15) is 0 Å². The molecule has 0 atom stereocenters. The van der Waals surface area contributed by atoms with Crippen molar-refractivity contribution >= 4 is 86.4 Å². The van der Waals surface area contributed by atoms with Crippen LogP contribution in [0.5, 0.6) is 0 Å². The molecule has 12 aromatic rings. The lowest BCUT2D eigenvalue weighted by atomic mass is 9.85. The van der Waals surface area contributed by atoms with Gasteiger partial charge in [0, 0.05) is 22.0 Å².